The molecule has 0 saturated carbocycles. The minimum atomic E-state index is -0.251. The van der Waals surface area contributed by atoms with Crippen LogP contribution in [0, 0.1) is 5.92 Å². The molecule has 0 fully saturated rings. The SMILES string of the molecule is CCC(C)C(CO)NC(=O)Cn1cc(-c2cc3cccnc3[nH]2)c2cc(OC)ccc21. The molecule has 0 radical (unpaired) electrons. The van der Waals surface area contributed by atoms with E-state index < -0.39 is 0 Å². The number of ether oxygens (including phenoxy) is 1. The number of aromatic amines is 1. The average molecular weight is 421 g/mol. The van der Waals surface area contributed by atoms with Crippen LogP contribution in [0.25, 0.3) is 33.2 Å². The summed E-state index contributed by atoms with van der Waals surface area (Å²) in [4.78, 5) is 20.5. The van der Waals surface area contributed by atoms with Crippen LogP contribution >= 0.6 is 0 Å². The van der Waals surface area contributed by atoms with Gasteiger partial charge in [0.1, 0.15) is 17.9 Å². The molecule has 2 atom stereocenters. The number of carbonyl (C=O) groups is 1. The lowest BCUT2D eigenvalue weighted by Gasteiger charge is -2.22. The van der Waals surface area contributed by atoms with Crippen LogP contribution in [0.5, 0.6) is 5.75 Å². The number of aromatic nitrogens is 3. The van der Waals surface area contributed by atoms with E-state index in [-0.39, 0.29) is 31.0 Å². The number of nitrogens with zero attached hydrogens (tertiary/aromatic N) is 2. The van der Waals surface area contributed by atoms with Crippen molar-refractivity contribution in [1.82, 2.24) is 19.9 Å². The molecule has 0 saturated heterocycles. The summed E-state index contributed by atoms with van der Waals surface area (Å²) in [5.41, 5.74) is 3.65. The summed E-state index contributed by atoms with van der Waals surface area (Å²) < 4.78 is 7.36. The molecule has 2 unspecified atom stereocenters. The maximum atomic E-state index is 12.8. The van der Waals surface area contributed by atoms with E-state index in [1.807, 2.05) is 54.9 Å². The summed E-state index contributed by atoms with van der Waals surface area (Å²) in [6, 6.07) is 11.6. The van der Waals surface area contributed by atoms with Gasteiger partial charge in [-0.2, -0.15) is 0 Å². The van der Waals surface area contributed by atoms with E-state index in [0.717, 1.165) is 45.4 Å². The van der Waals surface area contributed by atoms with Gasteiger partial charge in [0.15, 0.2) is 0 Å². The Bertz CT molecular complexity index is 1180. The third-order valence-electron chi connectivity index (χ3n) is 5.96. The Balaban J connectivity index is 1.72. The van der Waals surface area contributed by atoms with Gasteiger partial charge in [0.2, 0.25) is 5.91 Å². The highest BCUT2D eigenvalue weighted by molar-refractivity contribution is 5.99. The first-order valence-corrected chi connectivity index (χ1v) is 10.5. The molecule has 7 heteroatoms. The number of fused-ring (bicyclic) bond motifs is 2. The highest BCUT2D eigenvalue weighted by atomic mass is 16.5. The summed E-state index contributed by atoms with van der Waals surface area (Å²) >= 11 is 0. The zero-order valence-corrected chi connectivity index (χ0v) is 18.1. The number of hydrogen-bond acceptors (Lipinski definition) is 4. The van der Waals surface area contributed by atoms with Crippen molar-refractivity contribution in [2.75, 3.05) is 13.7 Å². The molecule has 0 aliphatic heterocycles. The van der Waals surface area contributed by atoms with Gasteiger partial charge in [-0.25, -0.2) is 4.98 Å². The molecule has 7 nitrogen and oxygen atoms in total. The molecule has 0 aliphatic rings. The second-order valence-corrected chi connectivity index (χ2v) is 7.92. The van der Waals surface area contributed by atoms with Gasteiger partial charge in [-0.3, -0.25) is 4.79 Å². The van der Waals surface area contributed by atoms with E-state index in [4.69, 9.17) is 4.74 Å². The number of pyridine rings is 1. The van der Waals surface area contributed by atoms with Crippen molar-refractivity contribution in [2.45, 2.75) is 32.9 Å². The van der Waals surface area contributed by atoms with Crippen LogP contribution in [-0.2, 0) is 11.3 Å². The Kier molecular flexibility index (Phi) is 5.95. The van der Waals surface area contributed by atoms with Crippen LogP contribution in [0.4, 0.5) is 0 Å². The van der Waals surface area contributed by atoms with E-state index in [9.17, 15) is 9.90 Å². The monoisotopic (exact) mass is 420 g/mol. The smallest absolute Gasteiger partial charge is 0.240 e. The lowest BCUT2D eigenvalue weighted by molar-refractivity contribution is -0.123. The second-order valence-electron chi connectivity index (χ2n) is 7.92. The number of amides is 1. The maximum Gasteiger partial charge on any atom is 0.240 e. The summed E-state index contributed by atoms with van der Waals surface area (Å²) in [5, 5.41) is 14.6. The van der Waals surface area contributed by atoms with Gasteiger partial charge in [0, 0.05) is 39.9 Å². The van der Waals surface area contributed by atoms with Crippen molar-refractivity contribution < 1.29 is 14.6 Å². The number of benzene rings is 1. The van der Waals surface area contributed by atoms with Crippen LogP contribution < -0.4 is 10.1 Å². The average Bonchev–Trinajstić information content (AvgIpc) is 3.37. The van der Waals surface area contributed by atoms with Crippen molar-refractivity contribution in [3.63, 3.8) is 0 Å². The number of hydrogen-bond donors (Lipinski definition) is 3. The summed E-state index contributed by atoms with van der Waals surface area (Å²) in [6.07, 6.45) is 4.62. The quantitative estimate of drug-likeness (QED) is 0.405. The van der Waals surface area contributed by atoms with Gasteiger partial charge in [-0.15, -0.1) is 0 Å². The topological polar surface area (TPSA) is 92.2 Å². The largest absolute Gasteiger partial charge is 0.497 e. The van der Waals surface area contributed by atoms with Crippen molar-refractivity contribution in [3.8, 4) is 17.0 Å². The number of aliphatic hydroxyl groups is 1. The lowest BCUT2D eigenvalue weighted by Crippen LogP contribution is -2.43. The molecule has 4 aromatic rings. The molecule has 3 heterocycles. The van der Waals surface area contributed by atoms with E-state index in [2.05, 4.69) is 21.4 Å². The zero-order chi connectivity index (χ0) is 22.0. The van der Waals surface area contributed by atoms with Crippen molar-refractivity contribution >= 4 is 27.8 Å². The fraction of sp³-hybridized carbons (Fsp3) is 0.333. The number of rotatable bonds is 8. The van der Waals surface area contributed by atoms with Gasteiger partial charge >= 0.3 is 0 Å². The number of nitrogens with one attached hydrogen (secondary N) is 2. The van der Waals surface area contributed by atoms with Crippen LogP contribution in [0.15, 0.2) is 48.8 Å². The number of methoxy groups -OCH3 is 1. The Morgan fingerprint density at radius 2 is 2.16 bits per heavy atom. The third kappa shape index (κ3) is 4.14. The lowest BCUT2D eigenvalue weighted by atomic mass is 10.00. The molecular weight excluding hydrogens is 392 g/mol. The zero-order valence-electron chi connectivity index (χ0n) is 18.1. The van der Waals surface area contributed by atoms with Gasteiger partial charge in [0.05, 0.1) is 19.8 Å². The van der Waals surface area contributed by atoms with E-state index in [1.165, 1.54) is 0 Å². The van der Waals surface area contributed by atoms with E-state index >= 15 is 0 Å². The first kappa shape index (κ1) is 20.9. The predicted molar refractivity (Wildman–Crippen MR) is 122 cm³/mol. The molecule has 162 valence electrons. The Hall–Kier alpha value is -3.32. The molecular formula is C24H28N4O3. The van der Waals surface area contributed by atoms with E-state index in [0.29, 0.717) is 0 Å². The second kappa shape index (κ2) is 8.81. The highest BCUT2D eigenvalue weighted by Crippen LogP contribution is 2.34. The molecule has 1 aromatic carbocycles. The van der Waals surface area contributed by atoms with Gasteiger partial charge in [0.25, 0.3) is 0 Å². The normalized spacial score (nSPS) is 13.4. The number of H-pyrrole nitrogens is 1. The van der Waals surface area contributed by atoms with Crippen molar-refractivity contribution in [2.24, 2.45) is 5.92 Å². The van der Waals surface area contributed by atoms with Crippen LogP contribution in [0.1, 0.15) is 20.3 Å². The van der Waals surface area contributed by atoms with Crippen LogP contribution in [0.3, 0.4) is 0 Å². The summed E-state index contributed by atoms with van der Waals surface area (Å²) in [5.74, 6) is 0.827. The fourth-order valence-corrected chi connectivity index (χ4v) is 3.91. The van der Waals surface area contributed by atoms with Crippen molar-refractivity contribution in [1.29, 1.82) is 0 Å². The van der Waals surface area contributed by atoms with Gasteiger partial charge < -0.3 is 24.7 Å². The Labute approximate surface area is 181 Å². The molecule has 31 heavy (non-hydrogen) atoms. The Morgan fingerprint density at radius 1 is 1.32 bits per heavy atom. The predicted octanol–water partition coefficient (Wildman–Crippen LogP) is 3.72. The molecule has 4 rings (SSSR count). The third-order valence-corrected chi connectivity index (χ3v) is 5.96. The molecule has 3 N–H and O–H groups in total. The molecule has 0 spiro atoms. The molecule has 0 bridgehead atoms. The Morgan fingerprint density at radius 3 is 2.87 bits per heavy atom. The molecule has 3 aromatic heterocycles. The highest BCUT2D eigenvalue weighted by Gasteiger charge is 2.19. The maximum absolute atomic E-state index is 12.8. The van der Waals surface area contributed by atoms with E-state index in [1.54, 1.807) is 13.3 Å². The standard InChI is InChI=1S/C24H28N4O3/c1-4-15(2)21(14-29)26-23(30)13-28-12-19(18-11-17(31-3)7-8-22(18)28)20-10-16-6-5-9-25-24(16)27-20/h5-12,15,21,29H,4,13-14H2,1-3H3,(H,25,27)(H,26,30). The summed E-state index contributed by atoms with van der Waals surface area (Å²) in [6.45, 7) is 4.17. The minimum absolute atomic E-state index is 0.0717. The fourth-order valence-electron chi connectivity index (χ4n) is 3.91. The summed E-state index contributed by atoms with van der Waals surface area (Å²) in [7, 11) is 1.64. The molecule has 0 aliphatic carbocycles. The van der Waals surface area contributed by atoms with Crippen molar-refractivity contribution in [3.05, 3.63) is 48.8 Å². The van der Waals surface area contributed by atoms with Crippen LogP contribution in [0.2, 0.25) is 0 Å². The first-order valence-electron chi connectivity index (χ1n) is 10.5. The number of carbonyl (C=O) groups excluding carboxylic acids is 1. The first-order chi connectivity index (χ1) is 15.0. The van der Waals surface area contributed by atoms with Crippen LogP contribution in [-0.4, -0.2) is 45.3 Å². The number of aliphatic hydroxyl groups excluding tert-OH is 1. The van der Waals surface area contributed by atoms with Gasteiger partial charge in [-0.05, 0) is 42.3 Å². The molecule has 1 amide bonds. The minimum Gasteiger partial charge on any atom is -0.497 e. The van der Waals surface area contributed by atoms with Gasteiger partial charge in [-0.1, -0.05) is 20.3 Å².